The van der Waals surface area contributed by atoms with E-state index in [1.807, 2.05) is 18.4 Å². The molecule has 0 amide bonds. The molecule has 2 aromatic heterocycles. The molecule has 0 fully saturated rings. The first kappa shape index (κ1) is 13.1. The van der Waals surface area contributed by atoms with Crippen LogP contribution in [0.15, 0.2) is 35.7 Å². The second kappa shape index (κ2) is 4.89. The molecule has 3 aromatic rings. The number of fused-ring (bicyclic) bond motifs is 1. The van der Waals surface area contributed by atoms with Crippen LogP contribution in [0.2, 0.25) is 5.02 Å². The molecule has 3 rings (SSSR count). The predicted octanol–water partition coefficient (Wildman–Crippen LogP) is 4.62. The summed E-state index contributed by atoms with van der Waals surface area (Å²) in [6.07, 6.45) is 0. The van der Waals surface area contributed by atoms with Gasteiger partial charge in [0.05, 0.1) is 21.7 Å². The SMILES string of the molecule is Cc1ccsc1-c1cc(C(=O)O)c2ccc(Cl)cc2n1. The smallest absolute Gasteiger partial charge is 0.336 e. The number of aryl methyl sites for hydroxylation is 1. The van der Waals surface area contributed by atoms with E-state index in [9.17, 15) is 9.90 Å². The van der Waals surface area contributed by atoms with Gasteiger partial charge in [0.1, 0.15) is 0 Å². The summed E-state index contributed by atoms with van der Waals surface area (Å²) in [6, 6.07) is 8.67. The first-order valence-corrected chi connectivity index (χ1v) is 7.20. The number of thiophene rings is 1. The Balaban J connectivity index is 2.35. The van der Waals surface area contributed by atoms with Crippen molar-refractivity contribution in [2.45, 2.75) is 6.92 Å². The fourth-order valence-corrected chi connectivity index (χ4v) is 3.18. The summed E-state index contributed by atoms with van der Waals surface area (Å²) < 4.78 is 0. The van der Waals surface area contributed by atoms with Gasteiger partial charge in [-0.3, -0.25) is 0 Å². The van der Waals surface area contributed by atoms with E-state index in [-0.39, 0.29) is 5.56 Å². The van der Waals surface area contributed by atoms with Gasteiger partial charge in [-0.05, 0) is 42.1 Å². The fraction of sp³-hybridized carbons (Fsp3) is 0.0667. The molecular weight excluding hydrogens is 294 g/mol. The molecule has 5 heteroatoms. The Morgan fingerprint density at radius 2 is 2.10 bits per heavy atom. The van der Waals surface area contributed by atoms with Crippen LogP contribution in [0.4, 0.5) is 0 Å². The monoisotopic (exact) mass is 303 g/mol. The number of pyridine rings is 1. The van der Waals surface area contributed by atoms with Gasteiger partial charge in [0.2, 0.25) is 0 Å². The van der Waals surface area contributed by atoms with Gasteiger partial charge in [-0.2, -0.15) is 0 Å². The number of aromatic nitrogens is 1. The molecule has 3 nitrogen and oxygen atoms in total. The summed E-state index contributed by atoms with van der Waals surface area (Å²) in [7, 11) is 0. The molecule has 2 heterocycles. The Bertz CT molecular complexity index is 826. The fourth-order valence-electron chi connectivity index (χ4n) is 2.13. The Labute approximate surface area is 124 Å². The number of carboxylic acids is 1. The second-order valence-electron chi connectivity index (χ2n) is 4.45. The maximum Gasteiger partial charge on any atom is 0.336 e. The van der Waals surface area contributed by atoms with E-state index in [0.717, 1.165) is 10.4 Å². The molecule has 0 aliphatic rings. The van der Waals surface area contributed by atoms with E-state index in [2.05, 4.69) is 4.98 Å². The van der Waals surface area contributed by atoms with Crippen molar-refractivity contribution >= 4 is 39.8 Å². The minimum absolute atomic E-state index is 0.245. The van der Waals surface area contributed by atoms with Gasteiger partial charge in [0, 0.05) is 10.4 Å². The van der Waals surface area contributed by atoms with Gasteiger partial charge < -0.3 is 5.11 Å². The Morgan fingerprint density at radius 1 is 1.30 bits per heavy atom. The molecule has 1 aromatic carbocycles. The van der Waals surface area contributed by atoms with Crippen molar-refractivity contribution < 1.29 is 9.90 Å². The van der Waals surface area contributed by atoms with Crippen molar-refractivity contribution in [2.24, 2.45) is 0 Å². The lowest BCUT2D eigenvalue weighted by atomic mass is 10.1. The first-order valence-electron chi connectivity index (χ1n) is 5.94. The van der Waals surface area contributed by atoms with Crippen molar-refractivity contribution in [3.05, 3.63) is 51.9 Å². The third kappa shape index (κ3) is 2.17. The van der Waals surface area contributed by atoms with Crippen molar-refractivity contribution in [2.75, 3.05) is 0 Å². The van der Waals surface area contributed by atoms with Gasteiger partial charge in [0.15, 0.2) is 0 Å². The van der Waals surface area contributed by atoms with E-state index >= 15 is 0 Å². The Kier molecular flexibility index (Phi) is 3.20. The lowest BCUT2D eigenvalue weighted by Crippen LogP contribution is -2.00. The zero-order valence-corrected chi connectivity index (χ0v) is 12.1. The summed E-state index contributed by atoms with van der Waals surface area (Å²) in [5, 5.41) is 12.5. The van der Waals surface area contributed by atoms with E-state index < -0.39 is 5.97 Å². The Morgan fingerprint density at radius 3 is 2.75 bits per heavy atom. The lowest BCUT2D eigenvalue weighted by Gasteiger charge is -2.07. The summed E-state index contributed by atoms with van der Waals surface area (Å²) in [5.74, 6) is -0.963. The van der Waals surface area contributed by atoms with Crippen LogP contribution in [0.3, 0.4) is 0 Å². The average molecular weight is 304 g/mol. The largest absolute Gasteiger partial charge is 0.478 e. The van der Waals surface area contributed by atoms with Crippen molar-refractivity contribution in [3.8, 4) is 10.6 Å². The molecule has 1 N–H and O–H groups in total. The zero-order valence-electron chi connectivity index (χ0n) is 10.6. The number of benzene rings is 1. The molecule has 100 valence electrons. The molecule has 0 bridgehead atoms. The number of aromatic carboxylic acids is 1. The van der Waals surface area contributed by atoms with Crippen LogP contribution in [0, 0.1) is 6.92 Å². The van der Waals surface area contributed by atoms with Gasteiger partial charge in [-0.1, -0.05) is 17.7 Å². The highest BCUT2D eigenvalue weighted by atomic mass is 35.5. The normalized spacial score (nSPS) is 10.9. The molecule has 0 aliphatic carbocycles. The highest BCUT2D eigenvalue weighted by Crippen LogP contribution is 2.31. The molecule has 0 aliphatic heterocycles. The topological polar surface area (TPSA) is 50.2 Å². The second-order valence-corrected chi connectivity index (χ2v) is 5.81. The van der Waals surface area contributed by atoms with E-state index in [1.54, 1.807) is 35.6 Å². The molecular formula is C15H10ClNO2S. The molecule has 0 radical (unpaired) electrons. The molecule has 0 saturated carbocycles. The maximum atomic E-state index is 11.4. The quantitative estimate of drug-likeness (QED) is 0.751. The zero-order chi connectivity index (χ0) is 14.3. The minimum Gasteiger partial charge on any atom is -0.478 e. The molecule has 20 heavy (non-hydrogen) atoms. The van der Waals surface area contributed by atoms with Crippen molar-refractivity contribution in [1.82, 2.24) is 4.98 Å². The third-order valence-corrected chi connectivity index (χ3v) is 4.37. The van der Waals surface area contributed by atoms with Crippen molar-refractivity contribution in [3.63, 3.8) is 0 Å². The molecule has 0 atom stereocenters. The molecule has 0 saturated heterocycles. The maximum absolute atomic E-state index is 11.4. The van der Waals surface area contributed by atoms with Crippen LogP contribution >= 0.6 is 22.9 Å². The van der Waals surface area contributed by atoms with Crippen LogP contribution in [-0.4, -0.2) is 16.1 Å². The van der Waals surface area contributed by atoms with Crippen LogP contribution in [-0.2, 0) is 0 Å². The number of carbonyl (C=O) groups is 1. The van der Waals surface area contributed by atoms with Gasteiger partial charge in [0.25, 0.3) is 0 Å². The molecule has 0 unspecified atom stereocenters. The van der Waals surface area contributed by atoms with Crippen LogP contribution < -0.4 is 0 Å². The highest BCUT2D eigenvalue weighted by molar-refractivity contribution is 7.13. The van der Waals surface area contributed by atoms with E-state index in [4.69, 9.17) is 11.6 Å². The number of carboxylic acid groups (broad SMARTS) is 1. The average Bonchev–Trinajstić information content (AvgIpc) is 2.83. The van der Waals surface area contributed by atoms with E-state index in [1.165, 1.54) is 0 Å². The van der Waals surface area contributed by atoms with Crippen LogP contribution in [0.25, 0.3) is 21.5 Å². The van der Waals surface area contributed by atoms with Crippen LogP contribution in [0.5, 0.6) is 0 Å². The van der Waals surface area contributed by atoms with Crippen molar-refractivity contribution in [1.29, 1.82) is 0 Å². The first-order chi connectivity index (χ1) is 9.56. The number of hydrogen-bond acceptors (Lipinski definition) is 3. The number of rotatable bonds is 2. The summed E-state index contributed by atoms with van der Waals surface area (Å²) in [4.78, 5) is 17.0. The number of hydrogen-bond donors (Lipinski definition) is 1. The summed E-state index contributed by atoms with van der Waals surface area (Å²) >= 11 is 7.52. The molecule has 0 spiro atoms. The minimum atomic E-state index is -0.963. The summed E-state index contributed by atoms with van der Waals surface area (Å²) in [5.41, 5.74) is 2.60. The van der Waals surface area contributed by atoms with E-state index in [0.29, 0.717) is 21.6 Å². The van der Waals surface area contributed by atoms with Crippen LogP contribution in [0.1, 0.15) is 15.9 Å². The highest BCUT2D eigenvalue weighted by Gasteiger charge is 2.14. The standard InChI is InChI=1S/C15H10ClNO2S/c1-8-4-5-20-14(8)13-7-11(15(18)19)10-3-2-9(16)6-12(10)17-13/h2-7H,1H3,(H,18,19). The third-order valence-electron chi connectivity index (χ3n) is 3.10. The predicted molar refractivity (Wildman–Crippen MR) is 81.8 cm³/mol. The van der Waals surface area contributed by atoms with Gasteiger partial charge in [-0.15, -0.1) is 11.3 Å². The van der Waals surface area contributed by atoms with Gasteiger partial charge in [-0.25, -0.2) is 9.78 Å². The number of nitrogens with zero attached hydrogens (tertiary/aromatic N) is 1. The van der Waals surface area contributed by atoms with Gasteiger partial charge >= 0.3 is 5.97 Å². The number of halogens is 1. The Hall–Kier alpha value is -1.91. The lowest BCUT2D eigenvalue weighted by molar-refractivity contribution is 0.0699. The summed E-state index contributed by atoms with van der Waals surface area (Å²) in [6.45, 7) is 1.98.